The SMILES string of the molecule is Cc1cc(O)ccc1-n1cc(C(=O)O)c(=O)cc1/C=C/c1ccc(CN(C)C)cc1. The second-order valence-corrected chi connectivity index (χ2v) is 7.43. The van der Waals surface area contributed by atoms with E-state index in [1.54, 1.807) is 22.8 Å². The van der Waals surface area contributed by atoms with Gasteiger partial charge in [0.05, 0.1) is 0 Å². The third-order valence-electron chi connectivity index (χ3n) is 4.68. The van der Waals surface area contributed by atoms with Gasteiger partial charge in [0.1, 0.15) is 11.3 Å². The van der Waals surface area contributed by atoms with E-state index in [1.165, 1.54) is 23.9 Å². The van der Waals surface area contributed by atoms with E-state index in [-0.39, 0.29) is 11.3 Å². The van der Waals surface area contributed by atoms with Crippen molar-refractivity contribution in [3.05, 3.63) is 92.9 Å². The number of hydrogen-bond acceptors (Lipinski definition) is 4. The molecular formula is C24H24N2O4. The number of carbonyl (C=O) groups is 1. The van der Waals surface area contributed by atoms with E-state index in [0.29, 0.717) is 11.4 Å². The minimum atomic E-state index is -1.28. The number of carboxylic acid groups (broad SMARTS) is 1. The van der Waals surface area contributed by atoms with Crippen LogP contribution >= 0.6 is 0 Å². The minimum absolute atomic E-state index is 0.116. The van der Waals surface area contributed by atoms with Crippen LogP contribution in [0.25, 0.3) is 17.8 Å². The van der Waals surface area contributed by atoms with Gasteiger partial charge in [-0.05, 0) is 62.0 Å². The number of phenols is 1. The number of nitrogens with zero attached hydrogens (tertiary/aromatic N) is 2. The number of aromatic nitrogens is 1. The number of aryl methyl sites for hydroxylation is 1. The highest BCUT2D eigenvalue weighted by atomic mass is 16.4. The summed E-state index contributed by atoms with van der Waals surface area (Å²) < 4.78 is 1.65. The highest BCUT2D eigenvalue weighted by molar-refractivity contribution is 5.87. The van der Waals surface area contributed by atoms with E-state index in [2.05, 4.69) is 4.90 Å². The summed E-state index contributed by atoms with van der Waals surface area (Å²) in [5.74, 6) is -1.16. The molecule has 0 radical (unpaired) electrons. The number of phenolic OH excluding ortho intramolecular Hbond substituents is 1. The Hall–Kier alpha value is -3.64. The van der Waals surface area contributed by atoms with Crippen LogP contribution in [-0.4, -0.2) is 39.7 Å². The Morgan fingerprint density at radius 1 is 1.07 bits per heavy atom. The molecule has 3 rings (SSSR count). The van der Waals surface area contributed by atoms with Gasteiger partial charge in [-0.2, -0.15) is 0 Å². The van der Waals surface area contributed by atoms with Crippen LogP contribution in [0.5, 0.6) is 5.75 Å². The molecule has 3 aromatic rings. The van der Waals surface area contributed by atoms with Crippen molar-refractivity contribution in [2.24, 2.45) is 0 Å². The Bertz CT molecular complexity index is 1160. The molecular weight excluding hydrogens is 380 g/mol. The van der Waals surface area contributed by atoms with Gasteiger partial charge in [0, 0.05) is 30.2 Å². The maximum Gasteiger partial charge on any atom is 0.341 e. The molecule has 1 heterocycles. The number of aromatic carboxylic acids is 1. The summed E-state index contributed by atoms with van der Waals surface area (Å²) in [7, 11) is 4.03. The van der Waals surface area contributed by atoms with Crippen LogP contribution in [0.4, 0.5) is 0 Å². The lowest BCUT2D eigenvalue weighted by molar-refractivity contribution is 0.0694. The fourth-order valence-corrected chi connectivity index (χ4v) is 3.24. The van der Waals surface area contributed by atoms with Crippen molar-refractivity contribution in [1.82, 2.24) is 9.47 Å². The van der Waals surface area contributed by atoms with Crippen LogP contribution in [0, 0.1) is 6.92 Å². The third kappa shape index (κ3) is 4.85. The zero-order chi connectivity index (χ0) is 21.8. The van der Waals surface area contributed by atoms with Crippen molar-refractivity contribution < 1.29 is 15.0 Å². The lowest BCUT2D eigenvalue weighted by Gasteiger charge is -2.15. The van der Waals surface area contributed by atoms with Gasteiger partial charge in [-0.25, -0.2) is 4.79 Å². The van der Waals surface area contributed by atoms with E-state index in [9.17, 15) is 19.8 Å². The van der Waals surface area contributed by atoms with Crippen molar-refractivity contribution in [2.75, 3.05) is 14.1 Å². The van der Waals surface area contributed by atoms with E-state index >= 15 is 0 Å². The summed E-state index contributed by atoms with van der Waals surface area (Å²) >= 11 is 0. The fourth-order valence-electron chi connectivity index (χ4n) is 3.24. The number of carboxylic acids is 1. The molecule has 0 aliphatic heterocycles. The number of rotatable bonds is 6. The lowest BCUT2D eigenvalue weighted by atomic mass is 10.1. The highest BCUT2D eigenvalue weighted by Crippen LogP contribution is 2.22. The number of hydrogen-bond donors (Lipinski definition) is 2. The van der Waals surface area contributed by atoms with Crippen LogP contribution in [0.2, 0.25) is 0 Å². The summed E-state index contributed by atoms with van der Waals surface area (Å²) in [5.41, 5.74) is 3.25. The normalized spacial score (nSPS) is 11.3. The molecule has 0 fully saturated rings. The van der Waals surface area contributed by atoms with Gasteiger partial charge in [0.2, 0.25) is 0 Å². The summed E-state index contributed by atoms with van der Waals surface area (Å²) in [6, 6.07) is 14.2. The Labute approximate surface area is 175 Å². The van der Waals surface area contributed by atoms with Crippen LogP contribution in [-0.2, 0) is 6.54 Å². The molecule has 0 amide bonds. The van der Waals surface area contributed by atoms with Gasteiger partial charge in [0.25, 0.3) is 0 Å². The Morgan fingerprint density at radius 3 is 2.37 bits per heavy atom. The first-order chi connectivity index (χ1) is 14.2. The molecule has 1 aromatic heterocycles. The molecule has 0 saturated carbocycles. The molecule has 6 heteroatoms. The smallest absolute Gasteiger partial charge is 0.341 e. The van der Waals surface area contributed by atoms with Gasteiger partial charge < -0.3 is 19.7 Å². The Balaban J connectivity index is 2.05. The minimum Gasteiger partial charge on any atom is -0.508 e. The van der Waals surface area contributed by atoms with Crippen LogP contribution in [0.3, 0.4) is 0 Å². The average Bonchev–Trinajstić information content (AvgIpc) is 2.67. The molecule has 6 nitrogen and oxygen atoms in total. The quantitative estimate of drug-likeness (QED) is 0.653. The third-order valence-corrected chi connectivity index (χ3v) is 4.68. The van der Waals surface area contributed by atoms with Crippen LogP contribution in [0.1, 0.15) is 32.7 Å². The van der Waals surface area contributed by atoms with Gasteiger partial charge >= 0.3 is 5.97 Å². The fraction of sp³-hybridized carbons (Fsp3) is 0.167. The van der Waals surface area contributed by atoms with Crippen molar-refractivity contribution in [3.63, 3.8) is 0 Å². The predicted octanol–water partition coefficient (Wildman–Crippen LogP) is 3.78. The second kappa shape index (κ2) is 8.80. The van der Waals surface area contributed by atoms with Crippen molar-refractivity contribution in [2.45, 2.75) is 13.5 Å². The van der Waals surface area contributed by atoms with E-state index in [0.717, 1.165) is 17.7 Å². The molecule has 2 N–H and O–H groups in total. The number of pyridine rings is 1. The van der Waals surface area contributed by atoms with Gasteiger partial charge in [-0.3, -0.25) is 4.79 Å². The Kier molecular flexibility index (Phi) is 6.18. The maximum absolute atomic E-state index is 12.3. The maximum atomic E-state index is 12.3. The molecule has 154 valence electrons. The standard InChI is InChI=1S/C24H24N2O4/c1-16-12-20(27)10-11-22(16)26-15-21(24(29)30)23(28)13-19(26)9-8-17-4-6-18(7-5-17)14-25(2)3/h4-13,15,27H,14H2,1-3H3,(H,29,30)/b9-8+. The largest absolute Gasteiger partial charge is 0.508 e. The summed E-state index contributed by atoms with van der Waals surface area (Å²) in [6.07, 6.45) is 4.98. The summed E-state index contributed by atoms with van der Waals surface area (Å²) in [6.45, 7) is 2.66. The van der Waals surface area contributed by atoms with Gasteiger partial charge in [0.15, 0.2) is 5.43 Å². The Morgan fingerprint density at radius 2 is 1.77 bits per heavy atom. The average molecular weight is 404 g/mol. The molecule has 0 aliphatic rings. The van der Waals surface area contributed by atoms with Crippen LogP contribution < -0.4 is 5.43 Å². The molecule has 0 unspecified atom stereocenters. The molecule has 0 bridgehead atoms. The molecule has 0 aliphatic carbocycles. The predicted molar refractivity (Wildman–Crippen MR) is 118 cm³/mol. The highest BCUT2D eigenvalue weighted by Gasteiger charge is 2.13. The zero-order valence-electron chi connectivity index (χ0n) is 17.2. The molecule has 0 atom stereocenters. The van der Waals surface area contributed by atoms with Gasteiger partial charge in [-0.15, -0.1) is 0 Å². The van der Waals surface area contributed by atoms with Crippen molar-refractivity contribution >= 4 is 18.1 Å². The second-order valence-electron chi connectivity index (χ2n) is 7.43. The lowest BCUT2D eigenvalue weighted by Crippen LogP contribution is -2.18. The molecule has 0 saturated heterocycles. The topological polar surface area (TPSA) is 82.8 Å². The summed E-state index contributed by atoms with van der Waals surface area (Å²) in [5, 5.41) is 19.1. The summed E-state index contributed by atoms with van der Waals surface area (Å²) in [4.78, 5) is 25.8. The molecule has 30 heavy (non-hydrogen) atoms. The van der Waals surface area contributed by atoms with Gasteiger partial charge in [-0.1, -0.05) is 30.3 Å². The van der Waals surface area contributed by atoms with E-state index in [4.69, 9.17) is 0 Å². The molecule has 0 spiro atoms. The first-order valence-corrected chi connectivity index (χ1v) is 9.46. The van der Waals surface area contributed by atoms with E-state index in [1.807, 2.05) is 51.4 Å². The first-order valence-electron chi connectivity index (χ1n) is 9.46. The first kappa shape index (κ1) is 21.1. The van der Waals surface area contributed by atoms with Crippen molar-refractivity contribution in [1.29, 1.82) is 0 Å². The molecule has 2 aromatic carbocycles. The zero-order valence-corrected chi connectivity index (χ0v) is 17.2. The van der Waals surface area contributed by atoms with E-state index < -0.39 is 11.4 Å². The number of aromatic hydroxyl groups is 1. The number of benzene rings is 2. The van der Waals surface area contributed by atoms with Crippen molar-refractivity contribution in [3.8, 4) is 11.4 Å². The monoisotopic (exact) mass is 404 g/mol. The van der Waals surface area contributed by atoms with Crippen LogP contribution in [0.15, 0.2) is 59.5 Å².